The predicted octanol–water partition coefficient (Wildman–Crippen LogP) is 1.86. The molecule has 1 N–H and O–H groups in total. The van der Waals surface area contributed by atoms with Gasteiger partial charge in [0.05, 0.1) is 0 Å². The SMILES string of the molecule is O=C(O)[C@@H]1CCCN1C(=O)CCCN1Cc2ccccc2C1. The topological polar surface area (TPSA) is 60.9 Å². The van der Waals surface area contributed by atoms with E-state index in [0.29, 0.717) is 19.4 Å². The highest BCUT2D eigenvalue weighted by molar-refractivity contribution is 5.84. The summed E-state index contributed by atoms with van der Waals surface area (Å²) in [6.45, 7) is 3.37. The Hall–Kier alpha value is -1.88. The number of hydrogen-bond donors (Lipinski definition) is 1. The first-order valence-electron chi connectivity index (χ1n) is 7.96. The van der Waals surface area contributed by atoms with Crippen LogP contribution >= 0.6 is 0 Å². The van der Waals surface area contributed by atoms with Gasteiger partial charge in [0.15, 0.2) is 0 Å². The second-order valence-corrected chi connectivity index (χ2v) is 6.17. The van der Waals surface area contributed by atoms with E-state index in [4.69, 9.17) is 5.11 Å². The second kappa shape index (κ2) is 6.48. The van der Waals surface area contributed by atoms with E-state index >= 15 is 0 Å². The highest BCUT2D eigenvalue weighted by Crippen LogP contribution is 2.23. The summed E-state index contributed by atoms with van der Waals surface area (Å²) < 4.78 is 0. The molecule has 5 nitrogen and oxygen atoms in total. The van der Waals surface area contributed by atoms with Gasteiger partial charge in [-0.15, -0.1) is 0 Å². The third-order valence-corrected chi connectivity index (χ3v) is 4.63. The summed E-state index contributed by atoms with van der Waals surface area (Å²) >= 11 is 0. The lowest BCUT2D eigenvalue weighted by atomic mass is 10.1. The highest BCUT2D eigenvalue weighted by atomic mass is 16.4. The maximum absolute atomic E-state index is 12.2. The molecule has 0 aliphatic carbocycles. The molecule has 1 amide bonds. The average Bonchev–Trinajstić information content (AvgIpc) is 3.13. The molecule has 0 saturated carbocycles. The van der Waals surface area contributed by atoms with Gasteiger partial charge in [-0.2, -0.15) is 0 Å². The highest BCUT2D eigenvalue weighted by Gasteiger charge is 2.33. The molecule has 5 heteroatoms. The number of aliphatic carboxylic acids is 1. The van der Waals surface area contributed by atoms with Crippen LogP contribution in [0.2, 0.25) is 0 Å². The molecule has 0 aromatic heterocycles. The van der Waals surface area contributed by atoms with Gasteiger partial charge < -0.3 is 10.0 Å². The van der Waals surface area contributed by atoms with Crippen LogP contribution in [0.4, 0.5) is 0 Å². The number of likely N-dealkylation sites (tertiary alicyclic amines) is 1. The van der Waals surface area contributed by atoms with Crippen LogP contribution in [0.1, 0.15) is 36.8 Å². The number of fused-ring (bicyclic) bond motifs is 1. The van der Waals surface area contributed by atoms with Crippen LogP contribution in [0.25, 0.3) is 0 Å². The third-order valence-electron chi connectivity index (χ3n) is 4.63. The molecule has 118 valence electrons. The van der Waals surface area contributed by atoms with E-state index in [2.05, 4.69) is 29.2 Å². The van der Waals surface area contributed by atoms with Gasteiger partial charge in [-0.1, -0.05) is 24.3 Å². The van der Waals surface area contributed by atoms with Crippen LogP contribution in [0.15, 0.2) is 24.3 Å². The first kappa shape index (κ1) is 15.0. The van der Waals surface area contributed by atoms with Crippen molar-refractivity contribution < 1.29 is 14.7 Å². The number of benzene rings is 1. The Labute approximate surface area is 130 Å². The Morgan fingerprint density at radius 2 is 1.86 bits per heavy atom. The minimum atomic E-state index is -0.874. The Kier molecular flexibility index (Phi) is 4.43. The van der Waals surface area contributed by atoms with Gasteiger partial charge in [0, 0.05) is 26.1 Å². The number of carboxylic acids is 1. The lowest BCUT2D eigenvalue weighted by Gasteiger charge is -2.22. The van der Waals surface area contributed by atoms with Crippen LogP contribution in [0, 0.1) is 0 Å². The molecule has 0 spiro atoms. The molecule has 3 rings (SSSR count). The summed E-state index contributed by atoms with van der Waals surface area (Å²) in [5, 5.41) is 9.13. The van der Waals surface area contributed by atoms with Crippen molar-refractivity contribution >= 4 is 11.9 Å². The number of hydrogen-bond acceptors (Lipinski definition) is 3. The molecule has 2 aliphatic heterocycles. The lowest BCUT2D eigenvalue weighted by Crippen LogP contribution is -2.40. The first-order chi connectivity index (χ1) is 10.6. The maximum Gasteiger partial charge on any atom is 0.326 e. The fourth-order valence-electron chi connectivity index (χ4n) is 3.48. The van der Waals surface area contributed by atoms with E-state index in [1.54, 1.807) is 4.90 Å². The van der Waals surface area contributed by atoms with E-state index < -0.39 is 12.0 Å². The van der Waals surface area contributed by atoms with Crippen molar-refractivity contribution in [2.24, 2.45) is 0 Å². The van der Waals surface area contributed by atoms with Crippen molar-refractivity contribution in [3.05, 3.63) is 35.4 Å². The predicted molar refractivity (Wildman–Crippen MR) is 82.2 cm³/mol. The minimum absolute atomic E-state index is 0.0124. The lowest BCUT2D eigenvalue weighted by molar-refractivity contribution is -0.148. The van der Waals surface area contributed by atoms with Crippen LogP contribution in [0.5, 0.6) is 0 Å². The molecule has 1 atom stereocenters. The summed E-state index contributed by atoms with van der Waals surface area (Å²) in [6, 6.07) is 7.82. The second-order valence-electron chi connectivity index (χ2n) is 6.17. The largest absolute Gasteiger partial charge is 0.480 e. The fraction of sp³-hybridized carbons (Fsp3) is 0.529. The summed E-state index contributed by atoms with van der Waals surface area (Å²) in [5.74, 6) is -0.887. The van der Waals surface area contributed by atoms with Crippen molar-refractivity contribution in [3.63, 3.8) is 0 Å². The van der Waals surface area contributed by atoms with Crippen molar-refractivity contribution in [2.45, 2.75) is 44.8 Å². The van der Waals surface area contributed by atoms with E-state index in [-0.39, 0.29) is 5.91 Å². The number of carbonyl (C=O) groups is 2. The smallest absolute Gasteiger partial charge is 0.326 e. The maximum atomic E-state index is 12.2. The molecule has 1 aromatic rings. The fourth-order valence-corrected chi connectivity index (χ4v) is 3.48. The summed E-state index contributed by atoms with van der Waals surface area (Å²) in [7, 11) is 0. The standard InChI is InChI=1S/C17H22N2O3/c20-16(19-10-3-7-15(19)17(21)22)8-4-9-18-11-13-5-1-2-6-14(13)12-18/h1-2,5-6,15H,3-4,7-12H2,(H,21,22)/t15-/m0/s1. The summed E-state index contributed by atoms with van der Waals surface area (Å²) in [6.07, 6.45) is 2.61. The van der Waals surface area contributed by atoms with E-state index in [1.807, 2.05) is 0 Å². The van der Waals surface area contributed by atoms with Crippen molar-refractivity contribution in [2.75, 3.05) is 13.1 Å². The van der Waals surface area contributed by atoms with E-state index in [9.17, 15) is 9.59 Å². The van der Waals surface area contributed by atoms with Crippen molar-refractivity contribution in [1.29, 1.82) is 0 Å². The molecule has 1 aromatic carbocycles. The van der Waals surface area contributed by atoms with Crippen LogP contribution in [0.3, 0.4) is 0 Å². The number of nitrogens with zero attached hydrogens (tertiary/aromatic N) is 2. The van der Waals surface area contributed by atoms with Crippen molar-refractivity contribution in [3.8, 4) is 0 Å². The zero-order chi connectivity index (χ0) is 15.5. The van der Waals surface area contributed by atoms with Gasteiger partial charge in [-0.25, -0.2) is 4.79 Å². The molecule has 2 heterocycles. The number of amides is 1. The Bertz CT molecular complexity index is 548. The number of carbonyl (C=O) groups excluding carboxylic acids is 1. The molecule has 1 saturated heterocycles. The third kappa shape index (κ3) is 3.14. The zero-order valence-electron chi connectivity index (χ0n) is 12.7. The van der Waals surface area contributed by atoms with Gasteiger partial charge in [-0.05, 0) is 36.9 Å². The van der Waals surface area contributed by atoms with Gasteiger partial charge >= 0.3 is 5.97 Å². The molecule has 1 fully saturated rings. The van der Waals surface area contributed by atoms with Gasteiger partial charge in [0.1, 0.15) is 6.04 Å². The average molecular weight is 302 g/mol. The quantitative estimate of drug-likeness (QED) is 0.902. The van der Waals surface area contributed by atoms with Crippen LogP contribution < -0.4 is 0 Å². The molecule has 2 aliphatic rings. The van der Waals surface area contributed by atoms with Gasteiger partial charge in [0.2, 0.25) is 5.91 Å². The Morgan fingerprint density at radius 3 is 2.50 bits per heavy atom. The molecule has 0 unspecified atom stereocenters. The molecule has 0 bridgehead atoms. The monoisotopic (exact) mass is 302 g/mol. The molecule has 22 heavy (non-hydrogen) atoms. The Morgan fingerprint density at radius 1 is 1.18 bits per heavy atom. The first-order valence-corrected chi connectivity index (χ1v) is 7.96. The van der Waals surface area contributed by atoms with Crippen LogP contribution in [-0.4, -0.2) is 45.9 Å². The normalized spacial score (nSPS) is 21.1. The summed E-state index contributed by atoms with van der Waals surface area (Å²) in [4.78, 5) is 27.2. The molecular formula is C17H22N2O3. The molecule has 0 radical (unpaired) electrons. The van der Waals surface area contributed by atoms with E-state index in [1.165, 1.54) is 11.1 Å². The number of carboxylic acid groups (broad SMARTS) is 1. The minimum Gasteiger partial charge on any atom is -0.480 e. The summed E-state index contributed by atoms with van der Waals surface area (Å²) in [5.41, 5.74) is 2.75. The molecular weight excluding hydrogens is 280 g/mol. The van der Waals surface area contributed by atoms with Gasteiger partial charge in [0.25, 0.3) is 0 Å². The zero-order valence-corrected chi connectivity index (χ0v) is 12.7. The van der Waals surface area contributed by atoms with Gasteiger partial charge in [-0.3, -0.25) is 9.69 Å². The van der Waals surface area contributed by atoms with E-state index in [0.717, 1.165) is 32.5 Å². The van der Waals surface area contributed by atoms with Crippen LogP contribution in [-0.2, 0) is 22.7 Å². The Balaban J connectivity index is 1.44. The van der Waals surface area contributed by atoms with Crippen molar-refractivity contribution in [1.82, 2.24) is 9.80 Å². The number of rotatable bonds is 5.